The number of benzene rings is 1. The lowest BCUT2D eigenvalue weighted by molar-refractivity contribution is -0.119. The van der Waals surface area contributed by atoms with Crippen LogP contribution in [0.25, 0.3) is 5.69 Å². The van der Waals surface area contributed by atoms with Crippen LogP contribution in [0, 0.1) is 12.8 Å². The van der Waals surface area contributed by atoms with E-state index in [2.05, 4.69) is 5.32 Å². The Hall–Kier alpha value is -2.34. The van der Waals surface area contributed by atoms with Crippen molar-refractivity contribution in [1.82, 2.24) is 9.36 Å². The minimum atomic E-state index is -0.216. The second-order valence-electron chi connectivity index (χ2n) is 6.20. The third kappa shape index (κ3) is 2.82. The quantitative estimate of drug-likeness (QED) is 0.902. The Bertz CT molecular complexity index is 776. The maximum absolute atomic E-state index is 12.7. The van der Waals surface area contributed by atoms with Gasteiger partial charge in [-0.05, 0) is 38.3 Å². The van der Waals surface area contributed by atoms with Gasteiger partial charge in [-0.1, -0.05) is 18.2 Å². The molecule has 1 heterocycles. The Morgan fingerprint density at radius 3 is 2.57 bits per heavy atom. The molecule has 23 heavy (non-hydrogen) atoms. The van der Waals surface area contributed by atoms with Crippen LogP contribution >= 0.6 is 0 Å². The van der Waals surface area contributed by atoms with Gasteiger partial charge in [-0.3, -0.25) is 14.3 Å². The summed E-state index contributed by atoms with van der Waals surface area (Å²) in [7, 11) is 1.81. The molecule has 1 aromatic heterocycles. The molecule has 6 nitrogen and oxygen atoms in total. The lowest BCUT2D eigenvalue weighted by Gasteiger charge is -2.09. The van der Waals surface area contributed by atoms with Gasteiger partial charge in [0.05, 0.1) is 11.4 Å². The average molecular weight is 314 g/mol. The topological polar surface area (TPSA) is 82.1 Å². The van der Waals surface area contributed by atoms with Crippen molar-refractivity contribution in [2.24, 2.45) is 18.7 Å². The van der Waals surface area contributed by atoms with Gasteiger partial charge in [-0.15, -0.1) is 0 Å². The van der Waals surface area contributed by atoms with Crippen molar-refractivity contribution in [3.63, 3.8) is 0 Å². The highest BCUT2D eigenvalue weighted by atomic mass is 16.2. The summed E-state index contributed by atoms with van der Waals surface area (Å²) in [4.78, 5) is 25.1. The van der Waals surface area contributed by atoms with Crippen LogP contribution in [0.15, 0.2) is 35.1 Å². The summed E-state index contributed by atoms with van der Waals surface area (Å²) in [5.41, 5.74) is 7.50. The van der Waals surface area contributed by atoms with Crippen LogP contribution in [-0.2, 0) is 11.8 Å². The van der Waals surface area contributed by atoms with Crippen LogP contribution in [0.4, 0.5) is 5.69 Å². The number of para-hydroxylation sites is 1. The molecule has 1 aromatic carbocycles. The van der Waals surface area contributed by atoms with Crippen molar-refractivity contribution >= 4 is 11.6 Å². The summed E-state index contributed by atoms with van der Waals surface area (Å²) in [6.07, 6.45) is 2.33. The molecule has 1 aliphatic carbocycles. The van der Waals surface area contributed by atoms with Gasteiger partial charge in [0.15, 0.2) is 0 Å². The van der Waals surface area contributed by atoms with E-state index in [1.165, 1.54) is 0 Å². The summed E-state index contributed by atoms with van der Waals surface area (Å²) in [5, 5.41) is 2.82. The van der Waals surface area contributed by atoms with Crippen LogP contribution in [0.1, 0.15) is 25.0 Å². The molecule has 1 aliphatic rings. The van der Waals surface area contributed by atoms with Crippen molar-refractivity contribution in [2.45, 2.75) is 32.2 Å². The molecule has 0 aliphatic heterocycles. The molecule has 3 rings (SSSR count). The molecule has 0 radical (unpaired) electrons. The Balaban J connectivity index is 1.92. The highest BCUT2D eigenvalue weighted by Gasteiger charge is 2.29. The number of hydrogen-bond donors (Lipinski definition) is 2. The molecule has 122 valence electrons. The van der Waals surface area contributed by atoms with Crippen LogP contribution in [0.5, 0.6) is 0 Å². The molecule has 0 saturated heterocycles. The fourth-order valence-electron chi connectivity index (χ4n) is 3.19. The van der Waals surface area contributed by atoms with Gasteiger partial charge < -0.3 is 11.1 Å². The first-order valence-corrected chi connectivity index (χ1v) is 7.89. The molecule has 1 amide bonds. The largest absolute Gasteiger partial charge is 0.328 e. The molecular weight excluding hydrogens is 292 g/mol. The summed E-state index contributed by atoms with van der Waals surface area (Å²) in [6.45, 7) is 1.83. The number of carbonyl (C=O) groups is 1. The highest BCUT2D eigenvalue weighted by molar-refractivity contribution is 5.93. The van der Waals surface area contributed by atoms with E-state index >= 15 is 0 Å². The molecular formula is C17H22N4O2. The van der Waals surface area contributed by atoms with E-state index < -0.39 is 0 Å². The van der Waals surface area contributed by atoms with Crippen molar-refractivity contribution < 1.29 is 4.79 Å². The Morgan fingerprint density at radius 2 is 1.96 bits per heavy atom. The van der Waals surface area contributed by atoms with Gasteiger partial charge >= 0.3 is 0 Å². The molecule has 1 fully saturated rings. The zero-order chi connectivity index (χ0) is 16.6. The van der Waals surface area contributed by atoms with Crippen LogP contribution in [0.3, 0.4) is 0 Å². The van der Waals surface area contributed by atoms with E-state index in [0.717, 1.165) is 24.2 Å². The number of hydrogen-bond acceptors (Lipinski definition) is 3. The van der Waals surface area contributed by atoms with Crippen molar-refractivity contribution in [1.29, 1.82) is 0 Å². The van der Waals surface area contributed by atoms with Gasteiger partial charge in [0.2, 0.25) is 5.91 Å². The predicted octanol–water partition coefficient (Wildman–Crippen LogP) is 1.55. The predicted molar refractivity (Wildman–Crippen MR) is 89.7 cm³/mol. The zero-order valence-electron chi connectivity index (χ0n) is 13.5. The molecule has 2 unspecified atom stereocenters. The third-order valence-corrected chi connectivity index (χ3v) is 4.65. The number of rotatable bonds is 3. The average Bonchev–Trinajstić information content (AvgIpc) is 3.06. The standard InChI is InChI=1S/C17H22N4O2/c1-11-15(19-16(22)12-8-9-13(18)10-12)17(23)21(20(11)2)14-6-4-3-5-7-14/h3-7,12-13H,8-10,18H2,1-2H3,(H,19,22). The zero-order valence-corrected chi connectivity index (χ0v) is 13.5. The van der Waals surface area contributed by atoms with Crippen LogP contribution < -0.4 is 16.6 Å². The van der Waals surface area contributed by atoms with Crippen LogP contribution in [-0.4, -0.2) is 21.3 Å². The van der Waals surface area contributed by atoms with Crippen molar-refractivity contribution in [3.8, 4) is 5.69 Å². The van der Waals surface area contributed by atoms with E-state index in [4.69, 9.17) is 5.73 Å². The Labute approximate surface area is 134 Å². The minimum absolute atomic E-state index is 0.0867. The maximum Gasteiger partial charge on any atom is 0.295 e. The number of nitrogens with two attached hydrogens (primary N) is 1. The smallest absolute Gasteiger partial charge is 0.295 e. The van der Waals surface area contributed by atoms with Gasteiger partial charge in [0.1, 0.15) is 5.69 Å². The normalized spacial score (nSPS) is 20.7. The van der Waals surface area contributed by atoms with Crippen molar-refractivity contribution in [3.05, 3.63) is 46.4 Å². The number of anilines is 1. The molecule has 2 atom stereocenters. The van der Waals surface area contributed by atoms with E-state index in [0.29, 0.717) is 12.1 Å². The van der Waals surface area contributed by atoms with Gasteiger partial charge in [-0.2, -0.15) is 0 Å². The third-order valence-electron chi connectivity index (χ3n) is 4.65. The SMILES string of the molecule is Cc1c(NC(=O)C2CCC(N)C2)c(=O)n(-c2ccccc2)n1C. The fourth-order valence-corrected chi connectivity index (χ4v) is 3.19. The van der Waals surface area contributed by atoms with E-state index in [1.54, 1.807) is 9.36 Å². The number of nitrogens with zero attached hydrogens (tertiary/aromatic N) is 2. The molecule has 0 spiro atoms. The number of carbonyl (C=O) groups excluding carboxylic acids is 1. The first-order valence-electron chi connectivity index (χ1n) is 7.89. The molecule has 6 heteroatoms. The summed E-state index contributed by atoms with van der Waals surface area (Å²) in [6, 6.07) is 9.47. The Kier molecular flexibility index (Phi) is 4.09. The van der Waals surface area contributed by atoms with E-state index in [-0.39, 0.29) is 23.4 Å². The Morgan fingerprint density at radius 1 is 1.26 bits per heavy atom. The van der Waals surface area contributed by atoms with Crippen molar-refractivity contribution in [2.75, 3.05) is 5.32 Å². The lowest BCUT2D eigenvalue weighted by Crippen LogP contribution is -2.27. The number of nitrogens with one attached hydrogen (secondary N) is 1. The van der Waals surface area contributed by atoms with E-state index in [9.17, 15) is 9.59 Å². The van der Waals surface area contributed by atoms with Gasteiger partial charge in [0.25, 0.3) is 5.56 Å². The summed E-state index contributed by atoms with van der Waals surface area (Å²) in [5.74, 6) is -0.210. The summed E-state index contributed by atoms with van der Waals surface area (Å²) < 4.78 is 3.32. The highest BCUT2D eigenvalue weighted by Crippen LogP contribution is 2.25. The first kappa shape index (κ1) is 15.6. The molecule has 2 aromatic rings. The monoisotopic (exact) mass is 314 g/mol. The van der Waals surface area contributed by atoms with Gasteiger partial charge in [0, 0.05) is 19.0 Å². The lowest BCUT2D eigenvalue weighted by atomic mass is 10.1. The number of aromatic nitrogens is 2. The second-order valence-corrected chi connectivity index (χ2v) is 6.20. The molecule has 3 N–H and O–H groups in total. The summed E-state index contributed by atoms with van der Waals surface area (Å²) >= 11 is 0. The van der Waals surface area contributed by atoms with E-state index in [1.807, 2.05) is 44.3 Å². The number of amides is 1. The first-order chi connectivity index (χ1) is 11.0. The van der Waals surface area contributed by atoms with Crippen LogP contribution in [0.2, 0.25) is 0 Å². The molecule has 0 bridgehead atoms. The minimum Gasteiger partial charge on any atom is -0.328 e. The van der Waals surface area contributed by atoms with Gasteiger partial charge in [-0.25, -0.2) is 4.68 Å². The fraction of sp³-hybridized carbons (Fsp3) is 0.412. The second kappa shape index (κ2) is 6.04. The molecule has 1 saturated carbocycles. The maximum atomic E-state index is 12.7.